The zero-order chi connectivity index (χ0) is 21.5. The first-order valence-electron chi connectivity index (χ1n) is 10.4. The number of anilines is 1. The molecule has 170 valence electrons. The topological polar surface area (TPSA) is 85.6 Å². The number of hydrogen-bond donors (Lipinski definition) is 0. The van der Waals surface area contributed by atoms with Gasteiger partial charge in [0, 0.05) is 45.1 Å². The molecule has 0 saturated carbocycles. The van der Waals surface area contributed by atoms with E-state index in [4.69, 9.17) is 9.47 Å². The SMILES string of the molecule is Cc1c(OC2CCN(C(=O)OC(C)(C)C)CC2)ncnc1N1Cc2cnn(C)c2C1.F. The molecule has 1 fully saturated rings. The zero-order valence-corrected chi connectivity index (χ0v) is 18.8. The molecule has 1 amide bonds. The molecule has 0 bridgehead atoms. The van der Waals surface area contributed by atoms with E-state index in [2.05, 4.69) is 20.0 Å². The van der Waals surface area contributed by atoms with Crippen LogP contribution in [0.15, 0.2) is 12.5 Å². The Morgan fingerprint density at radius 1 is 1.16 bits per heavy atom. The van der Waals surface area contributed by atoms with Gasteiger partial charge in [0.2, 0.25) is 5.88 Å². The van der Waals surface area contributed by atoms with Gasteiger partial charge in [-0.15, -0.1) is 0 Å². The third-order valence-electron chi connectivity index (χ3n) is 5.53. The monoisotopic (exact) mass is 434 g/mol. The van der Waals surface area contributed by atoms with Gasteiger partial charge in [0.1, 0.15) is 23.9 Å². The summed E-state index contributed by atoms with van der Waals surface area (Å²) in [6, 6.07) is 0. The van der Waals surface area contributed by atoms with E-state index in [1.54, 1.807) is 11.2 Å². The molecule has 0 unspecified atom stereocenters. The Kier molecular flexibility index (Phi) is 6.38. The molecular weight excluding hydrogens is 403 g/mol. The van der Waals surface area contributed by atoms with Crippen LogP contribution in [-0.2, 0) is 24.9 Å². The summed E-state index contributed by atoms with van der Waals surface area (Å²) < 4.78 is 13.6. The lowest BCUT2D eigenvalue weighted by Crippen LogP contribution is -2.44. The number of hydrogen-bond acceptors (Lipinski definition) is 7. The third kappa shape index (κ3) is 4.88. The number of carbonyl (C=O) groups is 1. The minimum Gasteiger partial charge on any atom is -0.474 e. The Bertz CT molecular complexity index is 934. The molecule has 2 aromatic heterocycles. The standard InChI is InChI=1S/C21H30N6O3.FH/c1-14-18(27-11-15-10-24-25(5)17(15)12-27)22-13-23-19(14)29-16-6-8-26(9-7-16)20(28)30-21(2,3)4;/h10,13,16H,6-9,11-12H2,1-5H3;1H. The van der Waals surface area contributed by atoms with E-state index in [0.29, 0.717) is 19.0 Å². The average Bonchev–Trinajstić information content (AvgIpc) is 3.25. The number of halogens is 1. The lowest BCUT2D eigenvalue weighted by Gasteiger charge is -2.33. The fourth-order valence-corrected chi connectivity index (χ4v) is 3.94. The van der Waals surface area contributed by atoms with Crippen LogP contribution in [-0.4, -0.2) is 55.5 Å². The first-order valence-corrected chi connectivity index (χ1v) is 10.4. The third-order valence-corrected chi connectivity index (χ3v) is 5.53. The summed E-state index contributed by atoms with van der Waals surface area (Å²) in [5.41, 5.74) is 2.90. The maximum absolute atomic E-state index is 12.3. The molecule has 2 aliphatic heterocycles. The summed E-state index contributed by atoms with van der Waals surface area (Å²) in [6.07, 6.45) is 4.74. The number of piperidine rings is 1. The van der Waals surface area contributed by atoms with Crippen molar-refractivity contribution in [2.24, 2.45) is 7.05 Å². The molecular formula is C21H31FN6O3. The van der Waals surface area contributed by atoms with Crippen LogP contribution in [0.25, 0.3) is 0 Å². The predicted molar refractivity (Wildman–Crippen MR) is 114 cm³/mol. The van der Waals surface area contributed by atoms with Crippen LogP contribution < -0.4 is 9.64 Å². The largest absolute Gasteiger partial charge is 0.474 e. The average molecular weight is 435 g/mol. The minimum absolute atomic E-state index is 0. The van der Waals surface area contributed by atoms with Crippen LogP contribution in [0.4, 0.5) is 15.3 Å². The van der Waals surface area contributed by atoms with Gasteiger partial charge in [-0.05, 0) is 27.7 Å². The first kappa shape index (κ1) is 22.8. The number of aromatic nitrogens is 4. The Hall–Kier alpha value is -2.91. The molecule has 4 heterocycles. The van der Waals surface area contributed by atoms with Gasteiger partial charge in [0.15, 0.2) is 0 Å². The van der Waals surface area contributed by atoms with Crippen LogP contribution in [0.2, 0.25) is 0 Å². The first-order chi connectivity index (χ1) is 14.2. The molecule has 0 aliphatic carbocycles. The van der Waals surface area contributed by atoms with Gasteiger partial charge >= 0.3 is 6.09 Å². The van der Waals surface area contributed by atoms with E-state index >= 15 is 0 Å². The lowest BCUT2D eigenvalue weighted by atomic mass is 10.1. The van der Waals surface area contributed by atoms with Gasteiger partial charge in [-0.3, -0.25) is 9.39 Å². The van der Waals surface area contributed by atoms with Gasteiger partial charge < -0.3 is 19.3 Å². The van der Waals surface area contributed by atoms with E-state index in [1.807, 2.05) is 45.6 Å². The fraction of sp³-hybridized carbons (Fsp3) is 0.619. The second kappa shape index (κ2) is 8.68. The molecule has 0 N–H and O–H groups in total. The highest BCUT2D eigenvalue weighted by molar-refractivity contribution is 5.68. The van der Waals surface area contributed by atoms with Crippen molar-refractivity contribution in [3.63, 3.8) is 0 Å². The van der Waals surface area contributed by atoms with Gasteiger partial charge in [-0.25, -0.2) is 14.8 Å². The van der Waals surface area contributed by atoms with E-state index in [0.717, 1.165) is 37.3 Å². The van der Waals surface area contributed by atoms with Gasteiger partial charge in [-0.2, -0.15) is 5.10 Å². The van der Waals surface area contributed by atoms with Crippen molar-refractivity contribution in [2.45, 2.75) is 65.3 Å². The van der Waals surface area contributed by atoms with Gasteiger partial charge in [-0.1, -0.05) is 0 Å². The quantitative estimate of drug-likeness (QED) is 0.734. The van der Waals surface area contributed by atoms with E-state index < -0.39 is 5.60 Å². The maximum Gasteiger partial charge on any atom is 0.410 e. The second-order valence-corrected chi connectivity index (χ2v) is 9.01. The molecule has 0 atom stereocenters. The zero-order valence-electron chi connectivity index (χ0n) is 18.8. The number of rotatable bonds is 3. The fourth-order valence-electron chi connectivity index (χ4n) is 3.94. The number of likely N-dealkylation sites (tertiary alicyclic amines) is 1. The smallest absolute Gasteiger partial charge is 0.410 e. The van der Waals surface area contributed by atoms with Crippen molar-refractivity contribution in [1.82, 2.24) is 24.6 Å². The molecule has 1 saturated heterocycles. The summed E-state index contributed by atoms with van der Waals surface area (Å²) >= 11 is 0. The van der Waals surface area contributed by atoms with Crippen molar-refractivity contribution in [1.29, 1.82) is 0 Å². The van der Waals surface area contributed by atoms with Crippen molar-refractivity contribution in [3.8, 4) is 5.88 Å². The highest BCUT2D eigenvalue weighted by Crippen LogP contribution is 2.32. The molecule has 0 spiro atoms. The van der Waals surface area contributed by atoms with Crippen molar-refractivity contribution >= 4 is 11.9 Å². The lowest BCUT2D eigenvalue weighted by molar-refractivity contribution is 0.0122. The number of nitrogens with zero attached hydrogens (tertiary/aromatic N) is 6. The number of amides is 1. The van der Waals surface area contributed by atoms with Crippen LogP contribution in [0.5, 0.6) is 5.88 Å². The van der Waals surface area contributed by atoms with Gasteiger partial charge in [0.25, 0.3) is 0 Å². The summed E-state index contributed by atoms with van der Waals surface area (Å²) in [4.78, 5) is 25.1. The number of fused-ring (bicyclic) bond motifs is 1. The summed E-state index contributed by atoms with van der Waals surface area (Å²) in [6.45, 7) is 10.4. The molecule has 9 nitrogen and oxygen atoms in total. The van der Waals surface area contributed by atoms with Crippen LogP contribution in [0.1, 0.15) is 50.4 Å². The Morgan fingerprint density at radius 3 is 2.52 bits per heavy atom. The Balaban J connectivity index is 0.00000272. The number of aryl methyl sites for hydroxylation is 1. The Morgan fingerprint density at radius 2 is 1.87 bits per heavy atom. The van der Waals surface area contributed by atoms with Gasteiger partial charge in [0.05, 0.1) is 24.0 Å². The molecule has 2 aromatic rings. The highest BCUT2D eigenvalue weighted by atomic mass is 19.0. The predicted octanol–water partition coefficient (Wildman–Crippen LogP) is 2.97. The molecule has 4 rings (SSSR count). The number of carbonyl (C=O) groups excluding carboxylic acids is 1. The summed E-state index contributed by atoms with van der Waals surface area (Å²) in [5.74, 6) is 1.51. The normalized spacial score (nSPS) is 16.7. The van der Waals surface area contributed by atoms with Crippen molar-refractivity contribution in [2.75, 3.05) is 18.0 Å². The van der Waals surface area contributed by atoms with Crippen LogP contribution >= 0.6 is 0 Å². The van der Waals surface area contributed by atoms with Crippen LogP contribution in [0, 0.1) is 6.92 Å². The molecule has 0 radical (unpaired) electrons. The highest BCUT2D eigenvalue weighted by Gasteiger charge is 2.29. The molecule has 31 heavy (non-hydrogen) atoms. The van der Waals surface area contributed by atoms with Crippen molar-refractivity contribution in [3.05, 3.63) is 29.3 Å². The number of ether oxygens (including phenoxy) is 2. The molecule has 10 heteroatoms. The second-order valence-electron chi connectivity index (χ2n) is 9.01. The minimum atomic E-state index is -0.482. The van der Waals surface area contributed by atoms with E-state index in [1.165, 1.54) is 11.3 Å². The summed E-state index contributed by atoms with van der Waals surface area (Å²) in [7, 11) is 1.97. The Labute approximate surface area is 181 Å². The van der Waals surface area contributed by atoms with Crippen LogP contribution in [0.3, 0.4) is 0 Å². The molecule has 2 aliphatic rings. The van der Waals surface area contributed by atoms with Crippen molar-refractivity contribution < 1.29 is 19.0 Å². The summed E-state index contributed by atoms with van der Waals surface area (Å²) in [5, 5.41) is 4.32. The maximum atomic E-state index is 12.3. The molecule has 0 aromatic carbocycles. The van der Waals surface area contributed by atoms with E-state index in [-0.39, 0.29) is 16.9 Å². The van der Waals surface area contributed by atoms with E-state index in [9.17, 15) is 4.79 Å².